The van der Waals surface area contributed by atoms with Gasteiger partial charge in [-0.1, -0.05) is 19.3 Å². The molecule has 0 atom stereocenters. The second kappa shape index (κ2) is 11.5. The Bertz CT molecular complexity index is 286. The van der Waals surface area contributed by atoms with Crippen LogP contribution in [0.5, 0.6) is 0 Å². The Kier molecular flexibility index (Phi) is 10.4. The molecular weight excluding hydrogens is 375 g/mol. The van der Waals surface area contributed by atoms with Crippen LogP contribution in [0.2, 0.25) is 0 Å². The van der Waals surface area contributed by atoms with Gasteiger partial charge in [0.15, 0.2) is 5.96 Å². The largest absolute Gasteiger partial charge is 0.370 e. The van der Waals surface area contributed by atoms with E-state index in [4.69, 9.17) is 5.73 Å². The number of piperidine rings is 1. The quantitative estimate of drug-likeness (QED) is 0.281. The number of hydrogen-bond donors (Lipinski definition) is 2. The molecule has 2 rings (SSSR count). The number of guanidine groups is 1. The second-order valence-electron chi connectivity index (χ2n) is 6.41. The topological polar surface area (TPSA) is 53.6 Å². The number of nitrogens with one attached hydrogen (secondary N) is 1. The highest BCUT2D eigenvalue weighted by Gasteiger charge is 2.16. The number of aliphatic imine (C=N–C) groups is 1. The van der Waals surface area contributed by atoms with Gasteiger partial charge in [-0.3, -0.25) is 4.99 Å². The van der Waals surface area contributed by atoms with Crippen molar-refractivity contribution < 1.29 is 0 Å². The molecule has 0 radical (unpaired) electrons. The van der Waals surface area contributed by atoms with Gasteiger partial charge in [0.2, 0.25) is 0 Å². The van der Waals surface area contributed by atoms with Crippen molar-refractivity contribution in [2.75, 3.05) is 32.7 Å². The van der Waals surface area contributed by atoms with E-state index in [9.17, 15) is 0 Å². The van der Waals surface area contributed by atoms with Crippen LogP contribution in [0.1, 0.15) is 57.8 Å². The molecule has 2 fully saturated rings. The first-order chi connectivity index (χ1) is 9.84. The van der Waals surface area contributed by atoms with Crippen LogP contribution in [-0.2, 0) is 0 Å². The van der Waals surface area contributed by atoms with Crippen molar-refractivity contribution in [3.8, 4) is 0 Å². The van der Waals surface area contributed by atoms with Gasteiger partial charge in [-0.15, -0.1) is 24.0 Å². The highest BCUT2D eigenvalue weighted by Crippen LogP contribution is 2.26. The van der Waals surface area contributed by atoms with Gasteiger partial charge in [-0.25, -0.2) is 0 Å². The number of unbranched alkanes of at least 4 members (excludes halogenated alkanes) is 2. The van der Waals surface area contributed by atoms with Gasteiger partial charge < -0.3 is 16.0 Å². The van der Waals surface area contributed by atoms with Crippen molar-refractivity contribution in [1.29, 1.82) is 0 Å². The molecule has 1 aliphatic heterocycles. The summed E-state index contributed by atoms with van der Waals surface area (Å²) >= 11 is 0. The lowest BCUT2D eigenvalue weighted by molar-refractivity contribution is 0.224. The van der Waals surface area contributed by atoms with Gasteiger partial charge in [0, 0.05) is 13.1 Å². The number of hydrogen-bond acceptors (Lipinski definition) is 2. The van der Waals surface area contributed by atoms with Crippen molar-refractivity contribution in [1.82, 2.24) is 10.2 Å². The molecule has 1 saturated carbocycles. The van der Waals surface area contributed by atoms with E-state index in [1.165, 1.54) is 77.4 Å². The minimum absolute atomic E-state index is 0. The first-order valence-electron chi connectivity index (χ1n) is 8.61. The fourth-order valence-corrected chi connectivity index (χ4v) is 3.00. The fourth-order valence-electron chi connectivity index (χ4n) is 3.00. The minimum atomic E-state index is 0. The van der Waals surface area contributed by atoms with Crippen LogP contribution in [0.4, 0.5) is 0 Å². The standard InChI is InChI=1S/C16H32N4.HI/c17-16(19-14-15-8-7-9-15)18-10-3-1-4-11-20-12-5-2-6-13-20;/h15H,1-14H2,(H3,17,18,19);1H. The molecule has 0 amide bonds. The molecule has 0 spiro atoms. The van der Waals surface area contributed by atoms with E-state index in [0.29, 0.717) is 5.96 Å². The van der Waals surface area contributed by atoms with Crippen molar-refractivity contribution in [3.63, 3.8) is 0 Å². The number of nitrogens with zero attached hydrogens (tertiary/aromatic N) is 2. The van der Waals surface area contributed by atoms with E-state index < -0.39 is 0 Å². The van der Waals surface area contributed by atoms with Crippen LogP contribution < -0.4 is 11.1 Å². The van der Waals surface area contributed by atoms with Gasteiger partial charge in [-0.2, -0.15) is 0 Å². The van der Waals surface area contributed by atoms with Gasteiger partial charge in [-0.05, 0) is 64.1 Å². The third-order valence-corrected chi connectivity index (χ3v) is 4.65. The zero-order valence-corrected chi connectivity index (χ0v) is 15.7. The molecule has 0 aromatic heterocycles. The van der Waals surface area contributed by atoms with E-state index >= 15 is 0 Å². The molecule has 0 aromatic rings. The van der Waals surface area contributed by atoms with E-state index in [0.717, 1.165) is 19.0 Å². The van der Waals surface area contributed by atoms with Crippen LogP contribution in [0.25, 0.3) is 0 Å². The molecule has 1 saturated heterocycles. The number of nitrogens with two attached hydrogens (primary N) is 1. The number of likely N-dealkylation sites (tertiary alicyclic amines) is 1. The second-order valence-corrected chi connectivity index (χ2v) is 6.41. The Balaban J connectivity index is 0.00000220. The summed E-state index contributed by atoms with van der Waals surface area (Å²) in [6, 6.07) is 0. The molecule has 124 valence electrons. The third-order valence-electron chi connectivity index (χ3n) is 4.65. The van der Waals surface area contributed by atoms with Crippen molar-refractivity contribution in [2.45, 2.75) is 57.8 Å². The van der Waals surface area contributed by atoms with Crippen LogP contribution in [0.15, 0.2) is 4.99 Å². The maximum absolute atomic E-state index is 5.86. The van der Waals surface area contributed by atoms with Crippen molar-refractivity contribution in [3.05, 3.63) is 0 Å². The van der Waals surface area contributed by atoms with E-state index in [1.54, 1.807) is 0 Å². The molecule has 21 heavy (non-hydrogen) atoms. The monoisotopic (exact) mass is 408 g/mol. The molecule has 0 unspecified atom stereocenters. The lowest BCUT2D eigenvalue weighted by Gasteiger charge is -2.26. The third kappa shape index (κ3) is 8.24. The lowest BCUT2D eigenvalue weighted by atomic mass is 9.86. The summed E-state index contributed by atoms with van der Waals surface area (Å²) in [4.78, 5) is 7.03. The molecule has 1 aliphatic carbocycles. The molecule has 5 heteroatoms. The molecule has 0 aromatic carbocycles. The molecule has 0 bridgehead atoms. The molecular formula is C16H33IN4. The Morgan fingerprint density at radius 3 is 2.48 bits per heavy atom. The summed E-state index contributed by atoms with van der Waals surface area (Å²) < 4.78 is 0. The maximum atomic E-state index is 5.86. The normalized spacial score (nSPS) is 20.7. The van der Waals surface area contributed by atoms with Crippen LogP contribution in [0.3, 0.4) is 0 Å². The SMILES string of the molecule is I.NC(=NCC1CCC1)NCCCCCN1CCCCC1. The summed E-state index contributed by atoms with van der Waals surface area (Å²) in [7, 11) is 0. The fraction of sp³-hybridized carbons (Fsp3) is 0.938. The Morgan fingerprint density at radius 1 is 1.05 bits per heavy atom. The van der Waals surface area contributed by atoms with Gasteiger partial charge in [0.1, 0.15) is 0 Å². The zero-order chi connectivity index (χ0) is 14.0. The van der Waals surface area contributed by atoms with Crippen molar-refractivity contribution in [2.24, 2.45) is 16.6 Å². The average Bonchev–Trinajstić information content (AvgIpc) is 2.42. The molecule has 3 N–H and O–H groups in total. The predicted molar refractivity (Wildman–Crippen MR) is 101 cm³/mol. The zero-order valence-electron chi connectivity index (χ0n) is 13.4. The first kappa shape index (κ1) is 19.0. The van der Waals surface area contributed by atoms with Crippen molar-refractivity contribution >= 4 is 29.9 Å². The Hall–Kier alpha value is -0.0400. The van der Waals surface area contributed by atoms with Gasteiger partial charge in [0.05, 0.1) is 0 Å². The smallest absolute Gasteiger partial charge is 0.188 e. The van der Waals surface area contributed by atoms with E-state index in [1.807, 2.05) is 0 Å². The lowest BCUT2D eigenvalue weighted by Crippen LogP contribution is -2.33. The summed E-state index contributed by atoms with van der Waals surface area (Å²) in [5.41, 5.74) is 5.86. The van der Waals surface area contributed by atoms with Crippen LogP contribution >= 0.6 is 24.0 Å². The highest BCUT2D eigenvalue weighted by atomic mass is 127. The van der Waals surface area contributed by atoms with Gasteiger partial charge in [0.25, 0.3) is 0 Å². The Morgan fingerprint density at radius 2 is 1.81 bits per heavy atom. The molecule has 1 heterocycles. The number of halogens is 1. The van der Waals surface area contributed by atoms with Crippen LogP contribution in [-0.4, -0.2) is 43.6 Å². The summed E-state index contributed by atoms with van der Waals surface area (Å²) in [6.07, 6.45) is 12.1. The Labute approximate surface area is 147 Å². The van der Waals surface area contributed by atoms with Gasteiger partial charge >= 0.3 is 0 Å². The van der Waals surface area contributed by atoms with Crippen LogP contribution in [0, 0.1) is 5.92 Å². The molecule has 4 nitrogen and oxygen atoms in total. The van der Waals surface area contributed by atoms with E-state index in [-0.39, 0.29) is 24.0 Å². The predicted octanol–water partition coefficient (Wildman–Crippen LogP) is 2.97. The summed E-state index contributed by atoms with van der Waals surface area (Å²) in [5, 5.41) is 3.24. The summed E-state index contributed by atoms with van der Waals surface area (Å²) in [5.74, 6) is 1.45. The number of rotatable bonds is 8. The maximum Gasteiger partial charge on any atom is 0.188 e. The van der Waals surface area contributed by atoms with E-state index in [2.05, 4.69) is 15.2 Å². The minimum Gasteiger partial charge on any atom is -0.370 e. The highest BCUT2D eigenvalue weighted by molar-refractivity contribution is 14.0. The summed E-state index contributed by atoms with van der Waals surface area (Å²) in [6.45, 7) is 5.82. The average molecular weight is 408 g/mol. The molecule has 2 aliphatic rings. The first-order valence-corrected chi connectivity index (χ1v) is 8.61.